The number of nitrogens with zero attached hydrogens (tertiary/aromatic N) is 1. The van der Waals surface area contributed by atoms with Crippen LogP contribution in [0, 0.1) is 0 Å². The lowest BCUT2D eigenvalue weighted by Crippen LogP contribution is -2.38. The number of nitrogens with one attached hydrogen (secondary N) is 1. The first-order valence-corrected chi connectivity index (χ1v) is 10.9. The van der Waals surface area contributed by atoms with Crippen molar-refractivity contribution < 1.29 is 28.2 Å². The summed E-state index contributed by atoms with van der Waals surface area (Å²) < 4.78 is 22.4. The van der Waals surface area contributed by atoms with E-state index in [2.05, 4.69) is 10.2 Å². The molecule has 0 bridgehead atoms. The lowest BCUT2D eigenvalue weighted by Gasteiger charge is -2.26. The summed E-state index contributed by atoms with van der Waals surface area (Å²) >= 11 is 0. The number of fused-ring (bicyclic) bond motifs is 1. The Morgan fingerprint density at radius 3 is 2.67 bits per heavy atom. The van der Waals surface area contributed by atoms with E-state index in [1.54, 1.807) is 36.4 Å². The van der Waals surface area contributed by atoms with E-state index >= 15 is 0 Å². The summed E-state index contributed by atoms with van der Waals surface area (Å²) in [7, 11) is 0. The van der Waals surface area contributed by atoms with E-state index in [4.69, 9.17) is 24.4 Å². The van der Waals surface area contributed by atoms with Crippen LogP contribution in [0.4, 0.5) is 0 Å². The normalized spacial score (nSPS) is 14.2. The van der Waals surface area contributed by atoms with Gasteiger partial charge in [0.1, 0.15) is 30.3 Å². The van der Waals surface area contributed by atoms with Crippen molar-refractivity contribution in [1.82, 2.24) is 10.2 Å². The first-order valence-electron chi connectivity index (χ1n) is 10.9. The summed E-state index contributed by atoms with van der Waals surface area (Å²) in [5.74, 6) is 0.385. The third-order valence-corrected chi connectivity index (χ3v) is 5.29. The van der Waals surface area contributed by atoms with Crippen molar-refractivity contribution in [3.05, 3.63) is 59.9 Å². The van der Waals surface area contributed by atoms with E-state index in [9.17, 15) is 9.59 Å². The summed E-state index contributed by atoms with van der Waals surface area (Å²) in [6.07, 6.45) is 0. The highest BCUT2D eigenvalue weighted by atomic mass is 16.5. The van der Waals surface area contributed by atoms with Crippen molar-refractivity contribution in [2.45, 2.75) is 0 Å². The number of para-hydroxylation sites is 1. The van der Waals surface area contributed by atoms with E-state index in [-0.39, 0.29) is 24.8 Å². The molecule has 3 N–H and O–H groups in total. The average molecular weight is 453 g/mol. The number of hydrogen-bond acceptors (Lipinski definition) is 7. The van der Waals surface area contributed by atoms with Gasteiger partial charge in [0.15, 0.2) is 5.76 Å². The minimum atomic E-state index is -0.568. The van der Waals surface area contributed by atoms with Gasteiger partial charge in [-0.1, -0.05) is 12.1 Å². The van der Waals surface area contributed by atoms with Crippen LogP contribution in [0.25, 0.3) is 11.0 Å². The molecule has 0 atom stereocenters. The predicted molar refractivity (Wildman–Crippen MR) is 122 cm³/mol. The minimum absolute atomic E-state index is 0.178. The SMILES string of the molecule is NC(=O)c1ccccc1OCCNC(=O)c1cc2cc(OCCN3CCOCC3)ccc2o1. The van der Waals surface area contributed by atoms with Crippen LogP contribution in [0.5, 0.6) is 11.5 Å². The summed E-state index contributed by atoms with van der Waals surface area (Å²) in [5, 5.41) is 3.53. The van der Waals surface area contributed by atoms with E-state index in [0.29, 0.717) is 23.5 Å². The third-order valence-electron chi connectivity index (χ3n) is 5.29. The zero-order valence-electron chi connectivity index (χ0n) is 18.2. The average Bonchev–Trinajstić information content (AvgIpc) is 3.26. The molecule has 9 heteroatoms. The molecule has 1 aromatic heterocycles. The maximum absolute atomic E-state index is 12.5. The molecule has 0 aliphatic carbocycles. The van der Waals surface area contributed by atoms with Crippen molar-refractivity contribution in [3.63, 3.8) is 0 Å². The molecule has 9 nitrogen and oxygen atoms in total. The molecule has 1 aliphatic heterocycles. The molecule has 1 fully saturated rings. The Morgan fingerprint density at radius 1 is 1.03 bits per heavy atom. The fourth-order valence-corrected chi connectivity index (χ4v) is 3.55. The number of primary amides is 1. The predicted octanol–water partition coefficient (Wildman–Crippen LogP) is 2.05. The van der Waals surface area contributed by atoms with Crippen LogP contribution in [-0.4, -0.2) is 69.3 Å². The van der Waals surface area contributed by atoms with Crippen LogP contribution in [-0.2, 0) is 4.74 Å². The van der Waals surface area contributed by atoms with Gasteiger partial charge in [-0.05, 0) is 36.4 Å². The Balaban J connectivity index is 1.26. The Kier molecular flexibility index (Phi) is 7.43. The van der Waals surface area contributed by atoms with Gasteiger partial charge in [0.05, 0.1) is 25.3 Å². The van der Waals surface area contributed by atoms with Gasteiger partial charge >= 0.3 is 0 Å². The first kappa shape index (κ1) is 22.6. The van der Waals surface area contributed by atoms with Gasteiger partial charge in [0, 0.05) is 25.0 Å². The number of furan rings is 1. The fraction of sp³-hybridized carbons (Fsp3) is 0.333. The zero-order valence-corrected chi connectivity index (χ0v) is 18.2. The molecule has 0 unspecified atom stereocenters. The van der Waals surface area contributed by atoms with E-state index in [1.165, 1.54) is 0 Å². The summed E-state index contributed by atoms with van der Waals surface area (Å²) in [5.41, 5.74) is 6.23. The Labute approximate surface area is 191 Å². The lowest BCUT2D eigenvalue weighted by molar-refractivity contribution is 0.0322. The van der Waals surface area contributed by atoms with Crippen LogP contribution in [0.3, 0.4) is 0 Å². The smallest absolute Gasteiger partial charge is 0.287 e. The number of ether oxygens (including phenoxy) is 3. The first-order chi connectivity index (χ1) is 16.1. The van der Waals surface area contributed by atoms with Crippen LogP contribution >= 0.6 is 0 Å². The van der Waals surface area contributed by atoms with E-state index in [1.807, 2.05) is 12.1 Å². The molecular weight excluding hydrogens is 426 g/mol. The molecule has 2 amide bonds. The largest absolute Gasteiger partial charge is 0.492 e. The van der Waals surface area contributed by atoms with E-state index < -0.39 is 5.91 Å². The van der Waals surface area contributed by atoms with Gasteiger partial charge in [-0.2, -0.15) is 0 Å². The summed E-state index contributed by atoms with van der Waals surface area (Å²) in [6, 6.07) is 13.9. The van der Waals surface area contributed by atoms with Gasteiger partial charge < -0.3 is 29.7 Å². The number of morpholine rings is 1. The summed E-state index contributed by atoms with van der Waals surface area (Å²) in [4.78, 5) is 26.2. The topological polar surface area (TPSA) is 116 Å². The number of carbonyl (C=O) groups excluding carboxylic acids is 2. The minimum Gasteiger partial charge on any atom is -0.492 e. The third kappa shape index (κ3) is 6.03. The number of carbonyl (C=O) groups is 2. The zero-order chi connectivity index (χ0) is 23.0. The van der Waals surface area contributed by atoms with Crippen LogP contribution < -0.4 is 20.5 Å². The highest BCUT2D eigenvalue weighted by molar-refractivity contribution is 5.96. The number of rotatable bonds is 10. The molecule has 4 rings (SSSR count). The van der Waals surface area contributed by atoms with Crippen molar-refractivity contribution in [1.29, 1.82) is 0 Å². The Hall–Kier alpha value is -3.56. The van der Waals surface area contributed by atoms with E-state index in [0.717, 1.165) is 44.0 Å². The molecule has 2 aromatic carbocycles. The van der Waals surface area contributed by atoms with Crippen molar-refractivity contribution in [2.24, 2.45) is 5.73 Å². The second-order valence-electron chi connectivity index (χ2n) is 7.58. The Bertz CT molecular complexity index is 1110. The number of nitrogens with two attached hydrogens (primary N) is 1. The lowest BCUT2D eigenvalue weighted by atomic mass is 10.2. The van der Waals surface area contributed by atoms with Crippen molar-refractivity contribution in [2.75, 3.05) is 52.6 Å². The molecule has 1 aliphatic rings. The van der Waals surface area contributed by atoms with Crippen LogP contribution in [0.15, 0.2) is 52.9 Å². The van der Waals surface area contributed by atoms with Gasteiger partial charge in [0.25, 0.3) is 11.8 Å². The van der Waals surface area contributed by atoms with Crippen molar-refractivity contribution in [3.8, 4) is 11.5 Å². The Morgan fingerprint density at radius 2 is 1.85 bits per heavy atom. The highest BCUT2D eigenvalue weighted by Gasteiger charge is 2.14. The monoisotopic (exact) mass is 453 g/mol. The molecular formula is C24H27N3O6. The molecule has 0 saturated carbocycles. The van der Waals surface area contributed by atoms with Crippen molar-refractivity contribution >= 4 is 22.8 Å². The quantitative estimate of drug-likeness (QED) is 0.451. The fourth-order valence-electron chi connectivity index (χ4n) is 3.55. The second-order valence-corrected chi connectivity index (χ2v) is 7.58. The number of amides is 2. The number of hydrogen-bond donors (Lipinski definition) is 2. The highest BCUT2D eigenvalue weighted by Crippen LogP contribution is 2.24. The van der Waals surface area contributed by atoms with Crippen LogP contribution in [0.2, 0.25) is 0 Å². The maximum atomic E-state index is 12.5. The molecule has 3 aromatic rings. The van der Waals surface area contributed by atoms with Gasteiger partial charge in [0.2, 0.25) is 0 Å². The summed E-state index contributed by atoms with van der Waals surface area (Å²) in [6.45, 7) is 5.20. The number of benzene rings is 2. The van der Waals surface area contributed by atoms with Gasteiger partial charge in [-0.3, -0.25) is 14.5 Å². The van der Waals surface area contributed by atoms with Crippen LogP contribution in [0.1, 0.15) is 20.9 Å². The molecule has 1 saturated heterocycles. The molecule has 174 valence electrons. The molecule has 0 radical (unpaired) electrons. The standard InChI is InChI=1S/C24H27N3O6/c25-23(28)19-3-1-2-4-21(19)32-11-7-26-24(29)22-16-17-15-18(5-6-20(17)33-22)31-14-10-27-8-12-30-13-9-27/h1-6,15-16H,7-14H2,(H2,25,28)(H,26,29). The molecule has 0 spiro atoms. The molecule has 33 heavy (non-hydrogen) atoms. The maximum Gasteiger partial charge on any atom is 0.287 e. The second kappa shape index (κ2) is 10.8. The van der Waals surface area contributed by atoms with Gasteiger partial charge in [-0.15, -0.1) is 0 Å². The molecule has 2 heterocycles. The van der Waals surface area contributed by atoms with Gasteiger partial charge in [-0.25, -0.2) is 0 Å².